The molecule has 0 aliphatic heterocycles. The standard InChI is InChI=1S/C42H72N3O7PS/c1-29(2)37(52-54(47,48)49)17-14-30(3)34-15-16-35-39-36(19-21-42(34,35)5)41(4)20-18-33(26-32(41)27-38(39)51-53)44-25-11-23-43-22-9-10-24-45-40(46)50-28-31-12-7-6-8-13-31/h6-8,12-13,29-30,32-39,43-44H,9-11,14-28,53H2,1-5H3,(H,45,46)(H,47,48,49)/t30-,32-,33+,34-,35?,36?,37?,38-,39?,41+,42-/m1/s1/i1D3,29D/t29?,30-,32-,33+,34-,35?,36?,37?,38-,39?,41+,42-. The van der Waals surface area contributed by atoms with E-state index in [9.17, 15) is 17.8 Å². The van der Waals surface area contributed by atoms with Crippen LogP contribution in [0.5, 0.6) is 0 Å². The molecule has 12 heteroatoms. The van der Waals surface area contributed by atoms with Gasteiger partial charge in [-0.25, -0.2) is 8.98 Å². The Morgan fingerprint density at radius 3 is 2.44 bits per heavy atom. The number of amides is 1. The van der Waals surface area contributed by atoms with Crippen LogP contribution < -0.4 is 16.0 Å². The Morgan fingerprint density at radius 1 is 0.981 bits per heavy atom. The molecule has 1 amide bonds. The van der Waals surface area contributed by atoms with Crippen LogP contribution in [0.2, 0.25) is 0 Å². The number of nitrogens with one attached hydrogen (secondary N) is 3. The summed E-state index contributed by atoms with van der Waals surface area (Å²) in [5, 5.41) is 10.3. The van der Waals surface area contributed by atoms with Gasteiger partial charge in [-0.1, -0.05) is 64.9 Å². The third-order valence-electron chi connectivity index (χ3n) is 14.4. The van der Waals surface area contributed by atoms with Gasteiger partial charge in [-0.05, 0) is 161 Å². The fourth-order valence-electron chi connectivity index (χ4n) is 11.6. The van der Waals surface area contributed by atoms with Crippen molar-refractivity contribution in [2.24, 2.45) is 52.2 Å². The molecule has 0 radical (unpaired) electrons. The summed E-state index contributed by atoms with van der Waals surface area (Å²) in [6.45, 7) is 9.32. The zero-order valence-electron chi connectivity index (χ0n) is 37.2. The highest BCUT2D eigenvalue weighted by Crippen LogP contribution is 2.69. The predicted octanol–water partition coefficient (Wildman–Crippen LogP) is 8.34. The Balaban J connectivity index is 1.04. The Morgan fingerprint density at radius 2 is 1.70 bits per heavy atom. The van der Waals surface area contributed by atoms with Crippen molar-refractivity contribution in [1.29, 1.82) is 0 Å². The van der Waals surface area contributed by atoms with Crippen LogP contribution in [0.25, 0.3) is 0 Å². The Kier molecular flexibility index (Phi) is 14.1. The monoisotopic (exact) mass is 798 g/mol. The molecule has 0 heterocycles. The molecule has 308 valence electrons. The van der Waals surface area contributed by atoms with Crippen LogP contribution in [-0.2, 0) is 30.4 Å². The van der Waals surface area contributed by atoms with Gasteiger partial charge in [0.2, 0.25) is 0 Å². The summed E-state index contributed by atoms with van der Waals surface area (Å²) in [7, 11) is -2.33. The lowest BCUT2D eigenvalue weighted by atomic mass is 9.43. The van der Waals surface area contributed by atoms with Gasteiger partial charge in [-0.2, -0.15) is 8.42 Å². The third kappa shape index (κ3) is 11.2. The van der Waals surface area contributed by atoms with E-state index in [-0.39, 0.29) is 42.0 Å². The maximum absolute atomic E-state index is 11.9. The van der Waals surface area contributed by atoms with Gasteiger partial charge in [0, 0.05) is 27.5 Å². The zero-order valence-corrected chi connectivity index (χ0v) is 35.2. The van der Waals surface area contributed by atoms with Crippen molar-refractivity contribution in [3.63, 3.8) is 0 Å². The molecule has 4 fully saturated rings. The number of hydrogen-bond donors (Lipinski definition) is 4. The normalized spacial score (nSPS) is 35.8. The van der Waals surface area contributed by atoms with Gasteiger partial charge in [0.15, 0.2) is 0 Å². The zero-order chi connectivity index (χ0) is 42.4. The first kappa shape index (κ1) is 38.2. The molecule has 0 spiro atoms. The second-order valence-corrected chi connectivity index (χ2v) is 18.9. The maximum atomic E-state index is 11.9. The van der Waals surface area contributed by atoms with Crippen molar-refractivity contribution in [3.05, 3.63) is 35.9 Å². The summed E-state index contributed by atoms with van der Waals surface area (Å²) in [6.07, 6.45) is 11.0. The molecule has 4 N–H and O–H groups in total. The van der Waals surface area contributed by atoms with E-state index in [1.54, 1.807) is 0 Å². The molecule has 4 aliphatic carbocycles. The second kappa shape index (κ2) is 19.9. The van der Waals surface area contributed by atoms with Gasteiger partial charge < -0.3 is 25.2 Å². The number of carbonyl (C=O) groups excluding carboxylic acids is 1. The maximum Gasteiger partial charge on any atom is 0.407 e. The van der Waals surface area contributed by atoms with Crippen LogP contribution in [0, 0.1) is 52.2 Å². The van der Waals surface area contributed by atoms with Crippen molar-refractivity contribution in [2.45, 2.75) is 143 Å². The Labute approximate surface area is 335 Å². The number of alkyl carbamates (subject to hydrolysis) is 1. The van der Waals surface area contributed by atoms with Gasteiger partial charge in [0.05, 0.1) is 12.2 Å². The SMILES string of the molecule is [2H]C([2H])([2H])C([2H])(C)C(CC[C@@H](C)[C@H]1CCC2C3C(CC[C@@]21C)[C@@]1(C)CC[C@H](NCCCNCCCCNC(=O)OCc2ccccc2)C[C@@H]1C[C@H]3OP)OS(=O)(=O)O. The van der Waals surface area contributed by atoms with E-state index in [1.165, 1.54) is 19.3 Å². The van der Waals surface area contributed by atoms with Crippen LogP contribution in [-0.4, -0.2) is 63.5 Å². The number of rotatable bonds is 20. The highest BCUT2D eigenvalue weighted by Gasteiger charge is 2.63. The summed E-state index contributed by atoms with van der Waals surface area (Å²) in [6, 6.07) is 10.2. The van der Waals surface area contributed by atoms with E-state index in [1.807, 2.05) is 30.3 Å². The fraction of sp³-hybridized carbons (Fsp3) is 0.833. The fourth-order valence-corrected chi connectivity index (χ4v) is 12.4. The first-order chi connectivity index (χ1) is 27.3. The molecule has 1 aromatic rings. The summed E-state index contributed by atoms with van der Waals surface area (Å²) >= 11 is 0. The molecule has 0 bridgehead atoms. The highest BCUT2D eigenvalue weighted by atomic mass is 32.3. The lowest BCUT2D eigenvalue weighted by molar-refractivity contribution is -0.157. The van der Waals surface area contributed by atoms with E-state index in [0.29, 0.717) is 48.6 Å². The third-order valence-corrected chi connectivity index (χ3v) is 15.2. The minimum atomic E-state index is -4.93. The summed E-state index contributed by atoms with van der Waals surface area (Å²) in [5.74, 6) is 0.517. The van der Waals surface area contributed by atoms with Gasteiger partial charge >= 0.3 is 16.5 Å². The van der Waals surface area contributed by atoms with Crippen LogP contribution in [0.1, 0.15) is 129 Å². The predicted molar refractivity (Wildman–Crippen MR) is 218 cm³/mol. The topological polar surface area (TPSA) is 135 Å². The number of ether oxygens (including phenoxy) is 1. The van der Waals surface area contributed by atoms with Crippen LogP contribution in [0.3, 0.4) is 0 Å². The number of hydrogen-bond acceptors (Lipinski definition) is 8. The largest absolute Gasteiger partial charge is 0.445 e. The highest BCUT2D eigenvalue weighted by molar-refractivity contribution is 7.80. The van der Waals surface area contributed by atoms with Crippen molar-refractivity contribution >= 4 is 26.0 Å². The minimum absolute atomic E-state index is 0.0560. The summed E-state index contributed by atoms with van der Waals surface area (Å²) in [4.78, 5) is 11.9. The lowest BCUT2D eigenvalue weighted by Gasteiger charge is -2.63. The second-order valence-electron chi connectivity index (χ2n) is 17.6. The number of carbonyl (C=O) groups is 1. The first-order valence-electron chi connectivity index (χ1n) is 22.7. The van der Waals surface area contributed by atoms with Crippen molar-refractivity contribution < 1.29 is 36.7 Å². The molecular formula is C42H72N3O7PS. The molecule has 4 aliphatic rings. The molecular weight excluding hydrogens is 722 g/mol. The van der Waals surface area contributed by atoms with Crippen LogP contribution in [0.4, 0.5) is 4.79 Å². The van der Waals surface area contributed by atoms with Gasteiger partial charge in [-0.15, -0.1) is 0 Å². The molecule has 10 nitrogen and oxygen atoms in total. The van der Waals surface area contributed by atoms with Crippen molar-refractivity contribution in [2.75, 3.05) is 26.2 Å². The average Bonchev–Trinajstić information content (AvgIpc) is 3.52. The van der Waals surface area contributed by atoms with E-state index in [0.717, 1.165) is 83.5 Å². The lowest BCUT2D eigenvalue weighted by Crippen LogP contribution is -2.59. The van der Waals surface area contributed by atoms with Gasteiger partial charge in [-0.3, -0.25) is 4.55 Å². The molecule has 0 saturated heterocycles. The number of fused-ring (bicyclic) bond motifs is 5. The van der Waals surface area contributed by atoms with Crippen LogP contribution in [0.15, 0.2) is 30.3 Å². The molecule has 4 saturated carbocycles. The molecule has 13 atom stereocenters. The number of benzene rings is 1. The summed E-state index contributed by atoms with van der Waals surface area (Å²) in [5.41, 5.74) is 1.33. The Hall–Kier alpha value is -1.33. The van der Waals surface area contributed by atoms with E-state index < -0.39 is 29.2 Å². The molecule has 0 aromatic heterocycles. The van der Waals surface area contributed by atoms with Gasteiger partial charge in [0.1, 0.15) is 6.61 Å². The number of unbranched alkanes of at least 4 members (excludes halogenated alkanes) is 1. The Bertz CT molecular complexity index is 1580. The molecule has 1 aromatic carbocycles. The molecule has 6 unspecified atom stereocenters. The molecule has 5 rings (SSSR count). The molecule has 54 heavy (non-hydrogen) atoms. The van der Waals surface area contributed by atoms with Crippen molar-refractivity contribution in [1.82, 2.24) is 16.0 Å². The van der Waals surface area contributed by atoms with E-state index in [4.69, 9.17) is 18.9 Å². The van der Waals surface area contributed by atoms with Gasteiger partial charge in [0.25, 0.3) is 0 Å². The first-order valence-corrected chi connectivity index (χ1v) is 22.5. The van der Waals surface area contributed by atoms with Crippen molar-refractivity contribution in [3.8, 4) is 0 Å². The smallest absolute Gasteiger partial charge is 0.407 e. The van der Waals surface area contributed by atoms with E-state index in [2.05, 4.69) is 46.2 Å². The summed E-state index contributed by atoms with van der Waals surface area (Å²) < 4.78 is 81.4. The minimum Gasteiger partial charge on any atom is -0.445 e. The van der Waals surface area contributed by atoms with Crippen LogP contribution >= 0.6 is 9.47 Å². The average molecular weight is 798 g/mol. The van der Waals surface area contributed by atoms with E-state index >= 15 is 0 Å². The quantitative estimate of drug-likeness (QED) is 0.0584.